The van der Waals surface area contributed by atoms with Crippen LogP contribution in [0.4, 0.5) is 17.6 Å². The summed E-state index contributed by atoms with van der Waals surface area (Å²) in [6.45, 7) is 32.1. The van der Waals surface area contributed by atoms with Gasteiger partial charge in [-0.15, -0.1) is 0 Å². The highest BCUT2D eigenvalue weighted by Gasteiger charge is 2.19. The lowest BCUT2D eigenvalue weighted by atomic mass is 10.1. The minimum Gasteiger partial charge on any atom is -0.383 e. The number of aromatic amines is 5. The zero-order valence-electron chi connectivity index (χ0n) is 41.0. The molecule has 23 heteroatoms. The van der Waals surface area contributed by atoms with E-state index in [0.717, 1.165) is 11.8 Å². The van der Waals surface area contributed by atoms with Gasteiger partial charge in [-0.2, -0.15) is 9.97 Å². The van der Waals surface area contributed by atoms with Gasteiger partial charge in [-0.25, -0.2) is 34.3 Å². The van der Waals surface area contributed by atoms with Crippen molar-refractivity contribution in [2.75, 3.05) is 17.2 Å². The van der Waals surface area contributed by atoms with Crippen LogP contribution in [0.25, 0.3) is 22.3 Å². The fraction of sp³-hybridized carbons (Fsp3) is 0.488. The van der Waals surface area contributed by atoms with E-state index in [2.05, 4.69) is 96.4 Å². The number of aryl methyl sites for hydroxylation is 1. The maximum atomic E-state index is 11.5. The molecule has 0 radical (unpaired) electrons. The van der Waals surface area contributed by atoms with Gasteiger partial charge in [0.25, 0.3) is 16.7 Å². The van der Waals surface area contributed by atoms with Gasteiger partial charge in [-0.05, 0) is 87.1 Å². The fourth-order valence-corrected chi connectivity index (χ4v) is 4.55. The van der Waals surface area contributed by atoms with Crippen LogP contribution in [0.1, 0.15) is 109 Å². The Kier molecular flexibility index (Phi) is 21.0. The van der Waals surface area contributed by atoms with Crippen molar-refractivity contribution in [3.63, 3.8) is 0 Å². The summed E-state index contributed by atoms with van der Waals surface area (Å²) >= 11 is 0. The number of aromatic nitrogens is 14. The Morgan fingerprint density at radius 3 is 1.64 bits per heavy atom. The van der Waals surface area contributed by atoms with Crippen molar-refractivity contribution in [3.05, 3.63) is 118 Å². The topological polar surface area (TPSA) is 352 Å². The molecule has 11 N–H and O–H groups in total. The minimum absolute atomic E-state index is 0.110. The first-order chi connectivity index (χ1) is 30.3. The van der Waals surface area contributed by atoms with Crippen LogP contribution in [-0.4, -0.2) is 68.5 Å². The molecule has 0 aromatic carbocycles. The largest absolute Gasteiger partial charge is 0.383 e. The average Bonchev–Trinajstić information content (AvgIpc) is 3.82. The molecule has 0 bridgehead atoms. The molecule has 0 unspecified atom stereocenters. The van der Waals surface area contributed by atoms with E-state index in [-0.39, 0.29) is 56.4 Å². The van der Waals surface area contributed by atoms with Crippen molar-refractivity contribution < 1.29 is 0 Å². The minimum atomic E-state index is -0.467. The van der Waals surface area contributed by atoms with Crippen molar-refractivity contribution in [1.82, 2.24) is 68.5 Å². The van der Waals surface area contributed by atoms with Crippen molar-refractivity contribution >= 4 is 39.9 Å². The van der Waals surface area contributed by atoms with Crippen LogP contribution in [0.5, 0.6) is 0 Å². The van der Waals surface area contributed by atoms with Crippen LogP contribution in [0.15, 0.2) is 78.5 Å². The smallest absolute Gasteiger partial charge is 0.349 e. The van der Waals surface area contributed by atoms with Gasteiger partial charge >= 0.3 is 17.1 Å². The Hall–Kier alpha value is -7.46. The van der Waals surface area contributed by atoms with Crippen molar-refractivity contribution in [2.45, 2.75) is 127 Å². The molecule has 7 aromatic heterocycles. The summed E-state index contributed by atoms with van der Waals surface area (Å²) in [4.78, 5) is 101. The molecule has 0 saturated heterocycles. The highest BCUT2D eigenvalue weighted by molar-refractivity contribution is 5.80. The van der Waals surface area contributed by atoms with Gasteiger partial charge in [0.2, 0.25) is 5.95 Å². The van der Waals surface area contributed by atoms with E-state index in [0.29, 0.717) is 33.7 Å². The van der Waals surface area contributed by atoms with Gasteiger partial charge < -0.3 is 31.7 Å². The molecule has 0 atom stereocenters. The summed E-state index contributed by atoms with van der Waals surface area (Å²) in [5.74, 6) is 2.47. The van der Waals surface area contributed by atoms with Crippen molar-refractivity contribution in [2.24, 2.45) is 11.8 Å². The molecule has 0 fully saturated rings. The van der Waals surface area contributed by atoms with E-state index in [1.54, 1.807) is 30.1 Å². The number of nitrogens with two attached hydrogens (primary N) is 3. The molecule has 0 amide bonds. The number of rotatable bonds is 0. The molecular weight excluding hydrogens is 851 g/mol. The molecule has 0 saturated carbocycles. The SMILES string of the molecule is CC(C)(C)n1ccc(=O)[nH]c1=O.CC(C)(C)n1ccc(N)nc1=O.CC(C)(C)n1cnc2c(=O)[nH]c(N)nc21.CC(C)C.CC(C)C.Cc1c[nH]c(=O)[nH]c1=O.Nc1ncnc2nc[nH]c12. The van der Waals surface area contributed by atoms with Crippen LogP contribution in [-0.2, 0) is 16.6 Å². The predicted octanol–water partition coefficient (Wildman–Crippen LogP) is 3.96. The molecule has 0 spiro atoms. The number of imidazole rings is 2. The quantitative estimate of drug-likeness (QED) is 0.107. The first kappa shape index (κ1) is 56.6. The van der Waals surface area contributed by atoms with Crippen LogP contribution >= 0.6 is 0 Å². The number of hydrogen-bond donors (Lipinski definition) is 8. The molecular formula is C43H69N17O6. The molecule has 7 heterocycles. The van der Waals surface area contributed by atoms with Crippen LogP contribution in [0.2, 0.25) is 0 Å². The second kappa shape index (κ2) is 24.6. The van der Waals surface area contributed by atoms with Gasteiger partial charge in [-0.3, -0.25) is 38.5 Å². The third-order valence-corrected chi connectivity index (χ3v) is 7.50. The molecule has 0 aliphatic heterocycles. The molecule has 7 aromatic rings. The normalized spacial score (nSPS) is 10.9. The standard InChI is InChI=1S/C9H13N5O.C8H13N3O.C8H12N2O2.C5H5N5.C5H6N2O2.2C4H10/c1-9(2,3)14-4-11-5-6(14)12-8(10)13-7(5)15;1-8(2,3)11-5-4-6(9)10-7(11)12;1-8(2,3)10-5-4-6(11)9-7(10)12;6-4-3-5(9-1-7-3)10-2-8-4;1-3-2-6-5(9)7-4(3)8;2*1-4(2)3/h4H,1-3H3,(H3,10,12,13,15);4-5H,1-3H3,(H2,9,10,12);4-5H,1-3H3,(H,9,11,12);1-2H,(H3,6,7,8,9,10);2H,1H3,(H2,6,7,8,9);2*4H,1-3H3. The number of nitrogens with zero attached hydrogens (tertiary/aromatic N) is 9. The summed E-state index contributed by atoms with van der Waals surface area (Å²) in [5.41, 5.74) is 16.1. The summed E-state index contributed by atoms with van der Waals surface area (Å²) in [6.07, 6.45) is 9.06. The van der Waals surface area contributed by atoms with Crippen molar-refractivity contribution in [1.29, 1.82) is 0 Å². The van der Waals surface area contributed by atoms with Gasteiger partial charge in [-0.1, -0.05) is 41.5 Å². The molecule has 0 aliphatic carbocycles. The number of fused-ring (bicyclic) bond motifs is 2. The summed E-state index contributed by atoms with van der Waals surface area (Å²) in [5, 5.41) is 0. The van der Waals surface area contributed by atoms with Crippen molar-refractivity contribution in [3.8, 4) is 0 Å². The molecule has 7 rings (SSSR count). The summed E-state index contributed by atoms with van der Waals surface area (Å²) in [6, 6.07) is 2.96. The third-order valence-electron chi connectivity index (χ3n) is 7.50. The highest BCUT2D eigenvalue weighted by atomic mass is 16.2. The van der Waals surface area contributed by atoms with Crippen LogP contribution < -0.4 is 50.9 Å². The number of H-pyrrole nitrogens is 5. The highest BCUT2D eigenvalue weighted by Crippen LogP contribution is 2.18. The predicted molar refractivity (Wildman–Crippen MR) is 261 cm³/mol. The average molecular weight is 920 g/mol. The summed E-state index contributed by atoms with van der Waals surface area (Å²) in [7, 11) is 0. The molecule has 66 heavy (non-hydrogen) atoms. The maximum Gasteiger partial charge on any atom is 0.349 e. The number of nitrogen functional groups attached to an aromatic ring is 3. The Morgan fingerprint density at radius 2 is 1.17 bits per heavy atom. The second-order valence-corrected chi connectivity index (χ2v) is 18.8. The number of hydrogen-bond acceptors (Lipinski definition) is 15. The van der Waals surface area contributed by atoms with Gasteiger partial charge in [0, 0.05) is 46.8 Å². The van der Waals surface area contributed by atoms with Gasteiger partial charge in [0.1, 0.15) is 17.7 Å². The zero-order chi connectivity index (χ0) is 50.9. The molecule has 0 aliphatic rings. The Labute approximate surface area is 381 Å². The van der Waals surface area contributed by atoms with E-state index in [4.69, 9.17) is 17.2 Å². The first-order valence-electron chi connectivity index (χ1n) is 20.9. The van der Waals surface area contributed by atoms with E-state index in [1.165, 1.54) is 35.7 Å². The molecule has 362 valence electrons. The Balaban J connectivity index is 0.000000399. The maximum absolute atomic E-state index is 11.5. The second-order valence-electron chi connectivity index (χ2n) is 18.8. The summed E-state index contributed by atoms with van der Waals surface area (Å²) < 4.78 is 4.85. The van der Waals surface area contributed by atoms with Crippen LogP contribution in [0.3, 0.4) is 0 Å². The number of anilines is 3. The lowest BCUT2D eigenvalue weighted by Gasteiger charge is -2.21. The molecule has 23 nitrogen and oxygen atoms in total. The Bertz CT molecular complexity index is 2930. The fourth-order valence-electron chi connectivity index (χ4n) is 4.55. The third kappa shape index (κ3) is 19.5. The van der Waals surface area contributed by atoms with Gasteiger partial charge in [0.05, 0.1) is 12.7 Å². The van der Waals surface area contributed by atoms with E-state index in [9.17, 15) is 28.8 Å². The lowest BCUT2D eigenvalue weighted by molar-refractivity contribution is 0.376. The Morgan fingerprint density at radius 1 is 0.621 bits per heavy atom. The zero-order valence-corrected chi connectivity index (χ0v) is 41.0. The van der Waals surface area contributed by atoms with E-state index in [1.807, 2.05) is 66.9 Å². The first-order valence-corrected chi connectivity index (χ1v) is 20.9. The number of nitrogens with one attached hydrogen (secondary N) is 5. The lowest BCUT2D eigenvalue weighted by Crippen LogP contribution is -2.37. The van der Waals surface area contributed by atoms with E-state index < -0.39 is 5.69 Å². The van der Waals surface area contributed by atoms with Crippen LogP contribution in [0, 0.1) is 18.8 Å². The van der Waals surface area contributed by atoms with Gasteiger partial charge in [0.15, 0.2) is 22.6 Å². The monoisotopic (exact) mass is 920 g/mol. The van der Waals surface area contributed by atoms with E-state index >= 15 is 0 Å².